The number of aliphatic hydroxyl groups is 1. The van der Waals surface area contributed by atoms with Crippen molar-refractivity contribution in [3.05, 3.63) is 39.8 Å². The Morgan fingerprint density at radius 3 is 2.71 bits per heavy atom. The minimum absolute atomic E-state index is 0.0182. The number of carbonyl (C=O) groups is 1. The predicted molar refractivity (Wildman–Crippen MR) is 107 cm³/mol. The molecule has 28 heavy (non-hydrogen) atoms. The lowest BCUT2D eigenvalue weighted by atomic mass is 9.97. The Morgan fingerprint density at radius 1 is 1.25 bits per heavy atom. The minimum atomic E-state index is -0.140. The number of nitrogens with zero attached hydrogens (tertiary/aromatic N) is 3. The molecule has 1 saturated heterocycles. The molecule has 1 amide bonds. The maximum atomic E-state index is 13.0. The van der Waals surface area contributed by atoms with E-state index in [0.29, 0.717) is 30.1 Å². The maximum Gasteiger partial charge on any atom is 0.259 e. The van der Waals surface area contributed by atoms with E-state index in [4.69, 9.17) is 0 Å². The highest BCUT2D eigenvalue weighted by Gasteiger charge is 2.31. The number of rotatable bonds is 3. The number of H-pyrrole nitrogens is 1. The number of amides is 1. The van der Waals surface area contributed by atoms with Crippen molar-refractivity contribution in [1.29, 1.82) is 0 Å². The third-order valence-corrected chi connectivity index (χ3v) is 6.31. The van der Waals surface area contributed by atoms with Gasteiger partial charge >= 0.3 is 0 Å². The first-order valence-electron chi connectivity index (χ1n) is 10.0. The van der Waals surface area contributed by atoms with Crippen LogP contribution in [0.15, 0.2) is 23.1 Å². The molecule has 2 aromatic heterocycles. The molecule has 0 unspecified atom stereocenters. The van der Waals surface area contributed by atoms with E-state index < -0.39 is 0 Å². The van der Waals surface area contributed by atoms with E-state index in [1.165, 1.54) is 12.8 Å². The summed E-state index contributed by atoms with van der Waals surface area (Å²) < 4.78 is 1.99. The molecule has 2 aliphatic rings. The third-order valence-electron chi connectivity index (χ3n) is 6.31. The Balaban J connectivity index is 1.67. The highest BCUT2D eigenvalue weighted by atomic mass is 16.3. The van der Waals surface area contributed by atoms with E-state index in [9.17, 15) is 14.7 Å². The van der Waals surface area contributed by atoms with Crippen LogP contribution >= 0.6 is 0 Å². The van der Waals surface area contributed by atoms with Gasteiger partial charge in [0.2, 0.25) is 0 Å². The fourth-order valence-corrected chi connectivity index (χ4v) is 4.67. The second-order valence-corrected chi connectivity index (χ2v) is 8.22. The van der Waals surface area contributed by atoms with Gasteiger partial charge < -0.3 is 15.0 Å². The minimum Gasteiger partial charge on any atom is -0.396 e. The summed E-state index contributed by atoms with van der Waals surface area (Å²) in [5, 5.41) is 15.2. The van der Waals surface area contributed by atoms with Crippen LogP contribution in [0.1, 0.15) is 47.6 Å². The average molecular weight is 380 g/mol. The van der Waals surface area contributed by atoms with Crippen molar-refractivity contribution >= 4 is 27.7 Å². The van der Waals surface area contributed by atoms with Gasteiger partial charge in [0.05, 0.1) is 28.7 Å². The van der Waals surface area contributed by atoms with Crippen LogP contribution in [0.2, 0.25) is 0 Å². The number of nitrogens with one attached hydrogen (secondary N) is 1. The SMILES string of the molecule is Cc1cc2[nH]c(=O)c3cnn(C4CCCC4)c3c2cc1C(=O)N1CC(CO)C1. The molecule has 0 spiro atoms. The average Bonchev–Trinajstić information content (AvgIpc) is 3.30. The zero-order valence-corrected chi connectivity index (χ0v) is 15.9. The van der Waals surface area contributed by atoms with Gasteiger partial charge in [-0.3, -0.25) is 14.3 Å². The molecule has 5 rings (SSSR count). The van der Waals surface area contributed by atoms with Gasteiger partial charge in [0.25, 0.3) is 11.5 Å². The number of carbonyl (C=O) groups excluding carboxylic acids is 1. The first-order valence-corrected chi connectivity index (χ1v) is 10.0. The van der Waals surface area contributed by atoms with Crippen molar-refractivity contribution in [3.8, 4) is 0 Å². The fourth-order valence-electron chi connectivity index (χ4n) is 4.67. The van der Waals surface area contributed by atoms with Gasteiger partial charge in [-0.05, 0) is 37.5 Å². The number of aryl methyl sites for hydroxylation is 1. The van der Waals surface area contributed by atoms with Gasteiger partial charge in [0, 0.05) is 36.6 Å². The van der Waals surface area contributed by atoms with Crippen LogP contribution in [0, 0.1) is 12.8 Å². The second kappa shape index (κ2) is 6.44. The van der Waals surface area contributed by atoms with E-state index in [2.05, 4.69) is 10.1 Å². The van der Waals surface area contributed by atoms with E-state index in [-0.39, 0.29) is 24.0 Å². The van der Waals surface area contributed by atoms with Gasteiger partial charge in [0.1, 0.15) is 0 Å². The third kappa shape index (κ3) is 2.57. The molecule has 1 aromatic carbocycles. The predicted octanol–water partition coefficient (Wildman–Crippen LogP) is 2.37. The monoisotopic (exact) mass is 380 g/mol. The summed E-state index contributed by atoms with van der Waals surface area (Å²) in [7, 11) is 0. The molecule has 1 aliphatic carbocycles. The Hall–Kier alpha value is -2.67. The molecular formula is C21H24N4O3. The summed E-state index contributed by atoms with van der Waals surface area (Å²) in [4.78, 5) is 30.3. The first-order chi connectivity index (χ1) is 13.6. The number of benzene rings is 1. The lowest BCUT2D eigenvalue weighted by molar-refractivity contribution is 0.0361. The van der Waals surface area contributed by atoms with Gasteiger partial charge in [-0.15, -0.1) is 0 Å². The smallest absolute Gasteiger partial charge is 0.259 e. The van der Waals surface area contributed by atoms with Crippen molar-refractivity contribution in [2.24, 2.45) is 5.92 Å². The molecule has 1 aliphatic heterocycles. The zero-order chi connectivity index (χ0) is 19.4. The topological polar surface area (TPSA) is 91.2 Å². The highest BCUT2D eigenvalue weighted by Crippen LogP contribution is 2.34. The van der Waals surface area contributed by atoms with Crippen molar-refractivity contribution in [3.63, 3.8) is 0 Å². The number of likely N-dealkylation sites (tertiary alicyclic amines) is 1. The summed E-state index contributed by atoms with van der Waals surface area (Å²) in [6, 6.07) is 4.10. The van der Waals surface area contributed by atoms with Crippen molar-refractivity contribution in [2.75, 3.05) is 19.7 Å². The summed E-state index contributed by atoms with van der Waals surface area (Å²) in [5.74, 6) is 0.159. The number of pyridine rings is 1. The Bertz CT molecular complexity index is 1130. The van der Waals surface area contributed by atoms with E-state index in [1.807, 2.05) is 23.7 Å². The molecule has 0 radical (unpaired) electrons. The van der Waals surface area contributed by atoms with Crippen molar-refractivity contribution in [1.82, 2.24) is 19.7 Å². The van der Waals surface area contributed by atoms with Crippen LogP contribution in [-0.2, 0) is 0 Å². The number of aromatic amines is 1. The summed E-state index contributed by atoms with van der Waals surface area (Å²) >= 11 is 0. The lowest BCUT2D eigenvalue weighted by Gasteiger charge is -2.38. The first kappa shape index (κ1) is 17.4. The molecule has 0 atom stereocenters. The number of aromatic nitrogens is 3. The van der Waals surface area contributed by atoms with Crippen LogP contribution in [0.3, 0.4) is 0 Å². The fraction of sp³-hybridized carbons (Fsp3) is 0.476. The zero-order valence-electron chi connectivity index (χ0n) is 15.9. The van der Waals surface area contributed by atoms with Gasteiger partial charge in [0.15, 0.2) is 0 Å². The molecule has 7 nitrogen and oxygen atoms in total. The van der Waals surface area contributed by atoms with E-state index in [1.54, 1.807) is 11.1 Å². The molecule has 1 saturated carbocycles. The number of hydrogen-bond acceptors (Lipinski definition) is 4. The maximum absolute atomic E-state index is 13.0. The largest absolute Gasteiger partial charge is 0.396 e. The van der Waals surface area contributed by atoms with Crippen LogP contribution in [0.5, 0.6) is 0 Å². The molecule has 2 N–H and O–H groups in total. The van der Waals surface area contributed by atoms with Gasteiger partial charge in [-0.2, -0.15) is 5.10 Å². The Labute approximate surface area is 162 Å². The van der Waals surface area contributed by atoms with E-state index in [0.717, 1.165) is 34.8 Å². The summed E-state index contributed by atoms with van der Waals surface area (Å²) in [6.07, 6.45) is 6.14. The Kier molecular flexibility index (Phi) is 4.01. The normalized spacial score (nSPS) is 18.3. The Morgan fingerprint density at radius 2 is 2.00 bits per heavy atom. The molecule has 3 heterocycles. The van der Waals surface area contributed by atoms with Gasteiger partial charge in [-0.25, -0.2) is 0 Å². The summed E-state index contributed by atoms with van der Waals surface area (Å²) in [6.45, 7) is 3.19. The quantitative estimate of drug-likeness (QED) is 0.730. The number of hydrogen-bond donors (Lipinski definition) is 2. The number of aliphatic hydroxyl groups excluding tert-OH is 1. The molecule has 2 fully saturated rings. The molecule has 146 valence electrons. The van der Waals surface area contributed by atoms with Crippen LogP contribution in [0.25, 0.3) is 21.8 Å². The second-order valence-electron chi connectivity index (χ2n) is 8.22. The number of fused-ring (bicyclic) bond motifs is 3. The van der Waals surface area contributed by atoms with Crippen LogP contribution in [0.4, 0.5) is 0 Å². The molecule has 0 bridgehead atoms. The summed E-state index contributed by atoms with van der Waals surface area (Å²) in [5.41, 5.74) is 2.92. The van der Waals surface area contributed by atoms with Crippen LogP contribution in [-0.4, -0.2) is 50.4 Å². The van der Waals surface area contributed by atoms with Crippen LogP contribution < -0.4 is 5.56 Å². The highest BCUT2D eigenvalue weighted by molar-refractivity contribution is 6.07. The molecule has 7 heteroatoms. The van der Waals surface area contributed by atoms with Crippen molar-refractivity contribution in [2.45, 2.75) is 38.6 Å². The van der Waals surface area contributed by atoms with Crippen molar-refractivity contribution < 1.29 is 9.90 Å². The molecular weight excluding hydrogens is 356 g/mol. The lowest BCUT2D eigenvalue weighted by Crippen LogP contribution is -2.51. The standard InChI is InChI=1S/C21H24N4O3/c1-12-6-18-16(7-15(12)21(28)24-9-13(10-24)11-26)19-17(20(27)23-18)8-22-25(19)14-4-2-3-5-14/h6-8,13-14,26H,2-5,9-11H2,1H3,(H,23,27). The van der Waals surface area contributed by atoms with Gasteiger partial charge in [-0.1, -0.05) is 12.8 Å². The van der Waals surface area contributed by atoms with E-state index >= 15 is 0 Å². The molecule has 3 aromatic rings.